The molecule has 2 amide bonds. The van der Waals surface area contributed by atoms with Gasteiger partial charge in [0.1, 0.15) is 5.75 Å². The van der Waals surface area contributed by atoms with Gasteiger partial charge in [-0.2, -0.15) is 0 Å². The molecule has 1 aliphatic rings. The van der Waals surface area contributed by atoms with Crippen LogP contribution in [0.3, 0.4) is 0 Å². The summed E-state index contributed by atoms with van der Waals surface area (Å²) in [5.41, 5.74) is 1.57. The third-order valence-corrected chi connectivity index (χ3v) is 5.17. The molecule has 5 nitrogen and oxygen atoms in total. The van der Waals surface area contributed by atoms with Crippen LogP contribution in [0.5, 0.6) is 5.75 Å². The lowest BCUT2D eigenvalue weighted by Crippen LogP contribution is -2.38. The number of hydrogen-bond donors (Lipinski definition) is 1. The van der Waals surface area contributed by atoms with E-state index in [0.29, 0.717) is 43.1 Å². The zero-order chi connectivity index (χ0) is 19.2. The summed E-state index contributed by atoms with van der Waals surface area (Å²) in [6.45, 7) is 2.40. The maximum atomic E-state index is 12.8. The Hall–Kier alpha value is -2.47. The van der Waals surface area contributed by atoms with Crippen molar-refractivity contribution in [1.29, 1.82) is 0 Å². The molecule has 0 aliphatic carbocycles. The van der Waals surface area contributed by atoms with Gasteiger partial charge in [-0.3, -0.25) is 9.59 Å². The molecule has 2 aromatic rings. The van der Waals surface area contributed by atoms with Crippen LogP contribution in [0.1, 0.15) is 22.3 Å². The lowest BCUT2D eigenvalue weighted by atomic mass is 10.1. The smallest absolute Gasteiger partial charge is 0.255 e. The Kier molecular flexibility index (Phi) is 6.40. The summed E-state index contributed by atoms with van der Waals surface area (Å²) >= 11 is 4.38. The van der Waals surface area contributed by atoms with Gasteiger partial charge in [-0.1, -0.05) is 24.3 Å². The van der Waals surface area contributed by atoms with Crippen molar-refractivity contribution >= 4 is 24.4 Å². The Morgan fingerprint density at radius 1 is 0.963 bits per heavy atom. The first-order chi connectivity index (χ1) is 13.1. The molecule has 0 saturated carbocycles. The summed E-state index contributed by atoms with van der Waals surface area (Å²) in [4.78, 5) is 29.8. The van der Waals surface area contributed by atoms with E-state index >= 15 is 0 Å². The van der Waals surface area contributed by atoms with Crippen molar-refractivity contribution in [2.45, 2.75) is 17.7 Å². The molecule has 2 aromatic carbocycles. The molecule has 0 N–H and O–H groups in total. The summed E-state index contributed by atoms with van der Waals surface area (Å²) in [5.74, 6) is 0.841. The number of carbonyl (C=O) groups excluding carboxylic acids is 2. The molecule has 0 spiro atoms. The maximum absolute atomic E-state index is 12.8. The van der Waals surface area contributed by atoms with Gasteiger partial charge in [-0.15, -0.1) is 12.6 Å². The first-order valence-corrected chi connectivity index (χ1v) is 9.51. The summed E-state index contributed by atoms with van der Waals surface area (Å²) in [6, 6.07) is 14.9. The highest BCUT2D eigenvalue weighted by Gasteiger charge is 2.23. The van der Waals surface area contributed by atoms with E-state index < -0.39 is 0 Å². The minimum atomic E-state index is -0.0231. The summed E-state index contributed by atoms with van der Waals surface area (Å²) in [5, 5.41) is 0. The second kappa shape index (κ2) is 8.95. The van der Waals surface area contributed by atoms with Crippen LogP contribution in [0.15, 0.2) is 53.4 Å². The molecule has 0 radical (unpaired) electrons. The van der Waals surface area contributed by atoms with Crippen molar-refractivity contribution in [2.75, 3.05) is 33.3 Å². The Morgan fingerprint density at radius 3 is 2.33 bits per heavy atom. The van der Waals surface area contributed by atoms with Gasteiger partial charge in [0.2, 0.25) is 5.91 Å². The van der Waals surface area contributed by atoms with E-state index in [9.17, 15) is 9.59 Å². The highest BCUT2D eigenvalue weighted by molar-refractivity contribution is 7.80. The Bertz CT molecular complexity index is 807. The third kappa shape index (κ3) is 4.83. The van der Waals surface area contributed by atoms with Crippen LogP contribution in [0.2, 0.25) is 0 Å². The second-order valence-corrected chi connectivity index (χ2v) is 7.05. The number of hydrogen-bond acceptors (Lipinski definition) is 4. The number of benzene rings is 2. The molecule has 3 rings (SSSR count). The van der Waals surface area contributed by atoms with E-state index in [-0.39, 0.29) is 11.8 Å². The molecule has 27 heavy (non-hydrogen) atoms. The lowest BCUT2D eigenvalue weighted by molar-refractivity contribution is -0.130. The normalized spacial score (nSPS) is 14.6. The molecule has 1 saturated heterocycles. The molecule has 1 aliphatic heterocycles. The van der Waals surface area contributed by atoms with Gasteiger partial charge in [0.05, 0.1) is 19.1 Å². The number of thiol groups is 1. The SMILES string of the molecule is COc1ccc(CC(=O)N2CCCN(C(=O)c3ccccc3S)CC2)cc1. The topological polar surface area (TPSA) is 49.9 Å². The van der Waals surface area contributed by atoms with E-state index in [2.05, 4.69) is 12.6 Å². The zero-order valence-electron chi connectivity index (χ0n) is 15.4. The maximum Gasteiger partial charge on any atom is 0.255 e. The van der Waals surface area contributed by atoms with Crippen LogP contribution in [0, 0.1) is 0 Å². The average Bonchev–Trinajstić information content (AvgIpc) is 2.95. The Morgan fingerprint density at radius 2 is 1.63 bits per heavy atom. The summed E-state index contributed by atoms with van der Waals surface area (Å²) in [6.07, 6.45) is 1.13. The van der Waals surface area contributed by atoms with Gasteiger partial charge in [0, 0.05) is 31.1 Å². The van der Waals surface area contributed by atoms with Gasteiger partial charge >= 0.3 is 0 Å². The minimum absolute atomic E-state index is 0.0231. The lowest BCUT2D eigenvalue weighted by Gasteiger charge is -2.23. The van der Waals surface area contributed by atoms with Gasteiger partial charge in [0.15, 0.2) is 0 Å². The third-order valence-electron chi connectivity index (χ3n) is 4.78. The average molecular weight is 385 g/mol. The van der Waals surface area contributed by atoms with Gasteiger partial charge in [0.25, 0.3) is 5.91 Å². The molecule has 1 fully saturated rings. The van der Waals surface area contributed by atoms with Crippen LogP contribution < -0.4 is 4.74 Å². The number of methoxy groups -OCH3 is 1. The number of rotatable bonds is 4. The zero-order valence-corrected chi connectivity index (χ0v) is 16.3. The minimum Gasteiger partial charge on any atom is -0.497 e. The van der Waals surface area contributed by atoms with Gasteiger partial charge < -0.3 is 14.5 Å². The molecular weight excluding hydrogens is 360 g/mol. The fraction of sp³-hybridized carbons (Fsp3) is 0.333. The Labute approximate surface area is 165 Å². The van der Waals surface area contributed by atoms with E-state index in [1.807, 2.05) is 52.3 Å². The van der Waals surface area contributed by atoms with Crippen molar-refractivity contribution in [2.24, 2.45) is 0 Å². The molecular formula is C21H24N2O3S. The van der Waals surface area contributed by atoms with E-state index in [0.717, 1.165) is 17.7 Å². The van der Waals surface area contributed by atoms with Crippen molar-refractivity contribution in [3.63, 3.8) is 0 Å². The standard InChI is InChI=1S/C21H24N2O3S/c1-26-17-9-7-16(8-10-17)15-20(24)22-11-4-12-23(14-13-22)21(25)18-5-2-3-6-19(18)27/h2-3,5-10,27H,4,11-15H2,1H3. The van der Waals surface area contributed by atoms with Crippen molar-refractivity contribution < 1.29 is 14.3 Å². The van der Waals surface area contributed by atoms with E-state index in [4.69, 9.17) is 4.74 Å². The first-order valence-electron chi connectivity index (χ1n) is 9.06. The predicted molar refractivity (Wildman–Crippen MR) is 107 cm³/mol. The molecule has 6 heteroatoms. The van der Waals surface area contributed by atoms with Gasteiger partial charge in [-0.25, -0.2) is 0 Å². The number of carbonyl (C=O) groups is 2. The van der Waals surface area contributed by atoms with Crippen molar-refractivity contribution in [3.05, 3.63) is 59.7 Å². The van der Waals surface area contributed by atoms with Crippen LogP contribution in [0.4, 0.5) is 0 Å². The molecule has 0 unspecified atom stereocenters. The predicted octanol–water partition coefficient (Wildman–Crippen LogP) is 2.90. The van der Waals surface area contributed by atoms with Crippen LogP contribution in [-0.4, -0.2) is 54.9 Å². The molecule has 0 aromatic heterocycles. The van der Waals surface area contributed by atoms with Crippen LogP contribution in [-0.2, 0) is 11.2 Å². The fourth-order valence-corrected chi connectivity index (χ4v) is 3.48. The van der Waals surface area contributed by atoms with Crippen LogP contribution >= 0.6 is 12.6 Å². The van der Waals surface area contributed by atoms with E-state index in [1.165, 1.54) is 0 Å². The largest absolute Gasteiger partial charge is 0.497 e. The molecule has 0 atom stereocenters. The first kappa shape index (κ1) is 19.3. The monoisotopic (exact) mass is 384 g/mol. The summed E-state index contributed by atoms with van der Waals surface area (Å²) in [7, 11) is 1.62. The number of ether oxygens (including phenoxy) is 1. The number of amides is 2. The molecule has 0 bridgehead atoms. The van der Waals surface area contributed by atoms with Crippen LogP contribution in [0.25, 0.3) is 0 Å². The van der Waals surface area contributed by atoms with Gasteiger partial charge in [-0.05, 0) is 36.2 Å². The van der Waals surface area contributed by atoms with Crippen molar-refractivity contribution in [1.82, 2.24) is 9.80 Å². The van der Waals surface area contributed by atoms with E-state index in [1.54, 1.807) is 13.2 Å². The number of nitrogens with zero attached hydrogens (tertiary/aromatic N) is 2. The van der Waals surface area contributed by atoms with Crippen molar-refractivity contribution in [3.8, 4) is 5.75 Å². The fourth-order valence-electron chi connectivity index (χ4n) is 3.22. The second-order valence-electron chi connectivity index (χ2n) is 6.57. The Balaban J connectivity index is 1.59. The highest BCUT2D eigenvalue weighted by Crippen LogP contribution is 2.17. The molecule has 142 valence electrons. The quantitative estimate of drug-likeness (QED) is 0.825. The summed E-state index contributed by atoms with van der Waals surface area (Å²) < 4.78 is 5.15. The molecule has 1 heterocycles. The highest BCUT2D eigenvalue weighted by atomic mass is 32.1.